The van der Waals surface area contributed by atoms with Crippen molar-refractivity contribution < 1.29 is 27.5 Å². The van der Waals surface area contributed by atoms with Gasteiger partial charge >= 0.3 is 11.5 Å². The molecule has 0 aliphatic carbocycles. The van der Waals surface area contributed by atoms with Gasteiger partial charge in [-0.3, -0.25) is 4.79 Å². The molecular formula is C10H6F3NO3S. The normalized spacial score (nSPS) is 11.9. The van der Waals surface area contributed by atoms with Gasteiger partial charge in [0.2, 0.25) is 5.89 Å². The summed E-state index contributed by atoms with van der Waals surface area (Å²) in [4.78, 5) is 14.1. The number of oxazole rings is 1. The van der Waals surface area contributed by atoms with Gasteiger partial charge < -0.3 is 9.52 Å². The number of rotatable bonds is 3. The van der Waals surface area contributed by atoms with Gasteiger partial charge in [-0.2, -0.15) is 13.2 Å². The van der Waals surface area contributed by atoms with Crippen LogP contribution in [0.3, 0.4) is 0 Å². The monoisotopic (exact) mass is 277 g/mol. The SMILES string of the molecule is O=C(O)Cc1nc2c(SC(F)(F)F)cccc2o1. The van der Waals surface area contributed by atoms with Gasteiger partial charge in [-0.25, -0.2) is 4.98 Å². The summed E-state index contributed by atoms with van der Waals surface area (Å²) < 4.78 is 42.0. The first-order valence-electron chi connectivity index (χ1n) is 4.71. The molecule has 18 heavy (non-hydrogen) atoms. The Balaban J connectivity index is 2.42. The lowest BCUT2D eigenvalue weighted by atomic mass is 10.3. The lowest BCUT2D eigenvalue weighted by molar-refractivity contribution is -0.136. The number of benzene rings is 1. The topological polar surface area (TPSA) is 63.3 Å². The van der Waals surface area contributed by atoms with E-state index in [4.69, 9.17) is 9.52 Å². The van der Waals surface area contributed by atoms with Crippen molar-refractivity contribution in [2.45, 2.75) is 16.8 Å². The van der Waals surface area contributed by atoms with Crippen molar-refractivity contribution in [1.82, 2.24) is 4.98 Å². The van der Waals surface area contributed by atoms with Crippen LogP contribution in [0.2, 0.25) is 0 Å². The second-order valence-corrected chi connectivity index (χ2v) is 4.44. The van der Waals surface area contributed by atoms with Crippen molar-refractivity contribution in [3.8, 4) is 0 Å². The first-order chi connectivity index (χ1) is 8.35. The number of halogens is 3. The van der Waals surface area contributed by atoms with Crippen molar-refractivity contribution >= 4 is 28.8 Å². The van der Waals surface area contributed by atoms with Crippen LogP contribution in [0.25, 0.3) is 11.1 Å². The molecule has 2 aromatic rings. The Labute approximate surface area is 103 Å². The van der Waals surface area contributed by atoms with Crippen molar-refractivity contribution in [3.63, 3.8) is 0 Å². The minimum Gasteiger partial charge on any atom is -0.481 e. The van der Waals surface area contributed by atoms with E-state index >= 15 is 0 Å². The highest BCUT2D eigenvalue weighted by Gasteiger charge is 2.30. The molecule has 0 aliphatic rings. The van der Waals surface area contributed by atoms with Gasteiger partial charge in [0.1, 0.15) is 11.9 Å². The number of alkyl halides is 3. The predicted octanol–water partition coefficient (Wildman–Crippen LogP) is 3.07. The van der Waals surface area contributed by atoms with Gasteiger partial charge in [0.25, 0.3) is 0 Å². The highest BCUT2D eigenvalue weighted by molar-refractivity contribution is 8.00. The van der Waals surface area contributed by atoms with Gasteiger partial charge in [-0.05, 0) is 23.9 Å². The van der Waals surface area contributed by atoms with Crippen molar-refractivity contribution in [3.05, 3.63) is 24.1 Å². The van der Waals surface area contributed by atoms with Crippen LogP contribution < -0.4 is 0 Å². The van der Waals surface area contributed by atoms with Crippen LogP contribution in [0.15, 0.2) is 27.5 Å². The summed E-state index contributed by atoms with van der Waals surface area (Å²) in [5, 5.41) is 8.56. The van der Waals surface area contributed by atoms with Crippen LogP contribution in [0.5, 0.6) is 0 Å². The number of aromatic nitrogens is 1. The van der Waals surface area contributed by atoms with Crippen molar-refractivity contribution in [1.29, 1.82) is 0 Å². The quantitative estimate of drug-likeness (QED) is 0.873. The first-order valence-corrected chi connectivity index (χ1v) is 5.53. The Kier molecular flexibility index (Phi) is 3.20. The number of fused-ring (bicyclic) bond motifs is 1. The lowest BCUT2D eigenvalue weighted by Gasteiger charge is -2.04. The molecule has 96 valence electrons. The van der Waals surface area contributed by atoms with E-state index < -0.39 is 17.9 Å². The summed E-state index contributed by atoms with van der Waals surface area (Å²) in [6.07, 6.45) is -0.467. The second kappa shape index (κ2) is 4.52. The van der Waals surface area contributed by atoms with E-state index in [0.717, 1.165) is 0 Å². The number of hydrogen-bond donors (Lipinski definition) is 1. The maximum atomic E-state index is 12.3. The Morgan fingerprint density at radius 3 is 2.78 bits per heavy atom. The molecule has 0 atom stereocenters. The number of carbonyl (C=O) groups is 1. The van der Waals surface area contributed by atoms with E-state index in [1.165, 1.54) is 18.2 Å². The van der Waals surface area contributed by atoms with Crippen LogP contribution >= 0.6 is 11.8 Å². The fraction of sp³-hybridized carbons (Fsp3) is 0.200. The zero-order valence-corrected chi connectivity index (χ0v) is 9.51. The van der Waals surface area contributed by atoms with E-state index in [-0.39, 0.29) is 33.6 Å². The average molecular weight is 277 g/mol. The van der Waals surface area contributed by atoms with E-state index in [0.29, 0.717) is 0 Å². The molecule has 0 radical (unpaired) electrons. The molecule has 8 heteroatoms. The zero-order valence-electron chi connectivity index (χ0n) is 8.69. The van der Waals surface area contributed by atoms with Crippen LogP contribution in [-0.4, -0.2) is 21.6 Å². The maximum Gasteiger partial charge on any atom is 0.446 e. The highest BCUT2D eigenvalue weighted by atomic mass is 32.2. The Bertz CT molecular complexity index is 594. The molecule has 0 fully saturated rings. The maximum absolute atomic E-state index is 12.3. The molecule has 0 unspecified atom stereocenters. The van der Waals surface area contributed by atoms with Gasteiger partial charge in [-0.15, -0.1) is 0 Å². The first kappa shape index (κ1) is 12.7. The third kappa shape index (κ3) is 2.95. The summed E-state index contributed by atoms with van der Waals surface area (Å²) >= 11 is -0.307. The Morgan fingerprint density at radius 2 is 2.17 bits per heavy atom. The van der Waals surface area contributed by atoms with Crippen LogP contribution in [0.1, 0.15) is 5.89 Å². The number of carboxylic acid groups (broad SMARTS) is 1. The Hall–Kier alpha value is -1.70. The smallest absolute Gasteiger partial charge is 0.446 e. The van der Waals surface area contributed by atoms with Crippen molar-refractivity contribution in [2.75, 3.05) is 0 Å². The van der Waals surface area contributed by atoms with Crippen LogP contribution in [0.4, 0.5) is 13.2 Å². The van der Waals surface area contributed by atoms with Gasteiger partial charge in [0, 0.05) is 4.90 Å². The zero-order chi connectivity index (χ0) is 13.3. The summed E-state index contributed by atoms with van der Waals surface area (Å²) in [6.45, 7) is 0. The second-order valence-electron chi connectivity index (χ2n) is 3.33. The molecule has 0 aliphatic heterocycles. The number of nitrogens with zero attached hydrogens (tertiary/aromatic N) is 1. The average Bonchev–Trinajstić information content (AvgIpc) is 2.57. The highest BCUT2D eigenvalue weighted by Crippen LogP contribution is 2.39. The number of thioether (sulfide) groups is 1. The number of para-hydroxylation sites is 1. The van der Waals surface area contributed by atoms with E-state index in [2.05, 4.69) is 4.98 Å². The van der Waals surface area contributed by atoms with Gasteiger partial charge in [0.15, 0.2) is 5.58 Å². The van der Waals surface area contributed by atoms with E-state index in [1.807, 2.05) is 0 Å². The molecule has 1 heterocycles. The number of hydrogen-bond acceptors (Lipinski definition) is 4. The molecule has 0 saturated heterocycles. The standard InChI is InChI=1S/C10H6F3NO3S/c11-10(12,13)18-6-3-1-2-5-9(6)14-7(17-5)4-8(15)16/h1-3H,4H2,(H,15,16). The van der Waals surface area contributed by atoms with Crippen molar-refractivity contribution in [2.24, 2.45) is 0 Å². The molecule has 1 N–H and O–H groups in total. The summed E-state index contributed by atoms with van der Waals surface area (Å²) in [5.74, 6) is -1.28. The summed E-state index contributed by atoms with van der Waals surface area (Å²) in [7, 11) is 0. The molecule has 2 rings (SSSR count). The summed E-state index contributed by atoms with van der Waals surface area (Å²) in [5.41, 5.74) is -4.27. The minimum atomic E-state index is -4.43. The lowest BCUT2D eigenvalue weighted by Crippen LogP contribution is -2.00. The molecule has 0 bridgehead atoms. The molecule has 1 aromatic heterocycles. The van der Waals surface area contributed by atoms with Gasteiger partial charge in [0.05, 0.1) is 0 Å². The fourth-order valence-corrected chi connectivity index (χ4v) is 2.02. The van der Waals surface area contributed by atoms with Crippen LogP contribution in [0, 0.1) is 0 Å². The molecule has 0 spiro atoms. The third-order valence-corrected chi connectivity index (χ3v) is 2.74. The molecule has 0 saturated carbocycles. The van der Waals surface area contributed by atoms with Gasteiger partial charge in [-0.1, -0.05) is 6.07 Å². The Morgan fingerprint density at radius 1 is 1.44 bits per heavy atom. The predicted molar refractivity (Wildman–Crippen MR) is 57.3 cm³/mol. The van der Waals surface area contributed by atoms with E-state index in [9.17, 15) is 18.0 Å². The number of aliphatic carboxylic acids is 1. The largest absolute Gasteiger partial charge is 0.481 e. The molecular weight excluding hydrogens is 271 g/mol. The minimum absolute atomic E-state index is 0.0241. The fourth-order valence-electron chi connectivity index (χ4n) is 1.38. The molecule has 4 nitrogen and oxygen atoms in total. The molecule has 0 amide bonds. The third-order valence-electron chi connectivity index (χ3n) is 1.95. The van der Waals surface area contributed by atoms with E-state index in [1.54, 1.807) is 0 Å². The van der Waals surface area contributed by atoms with Crippen LogP contribution in [-0.2, 0) is 11.2 Å². The molecule has 1 aromatic carbocycles. The number of carboxylic acids is 1. The summed E-state index contributed by atoms with van der Waals surface area (Å²) in [6, 6.07) is 4.09.